The van der Waals surface area contributed by atoms with E-state index >= 15 is 0 Å². The summed E-state index contributed by atoms with van der Waals surface area (Å²) in [6.07, 6.45) is 5.18. The highest BCUT2D eigenvalue weighted by atomic mass is 35.5. The van der Waals surface area contributed by atoms with E-state index in [0.29, 0.717) is 0 Å². The number of anilines is 1. The van der Waals surface area contributed by atoms with Crippen LogP contribution in [0.4, 0.5) is 5.69 Å². The summed E-state index contributed by atoms with van der Waals surface area (Å²) < 4.78 is 10.6. The molecule has 1 amide bonds. The summed E-state index contributed by atoms with van der Waals surface area (Å²) in [6.45, 7) is 4.66. The van der Waals surface area contributed by atoms with E-state index in [2.05, 4.69) is 10.2 Å². The third-order valence-corrected chi connectivity index (χ3v) is 5.11. The summed E-state index contributed by atoms with van der Waals surface area (Å²) in [5, 5.41) is 2.76. The number of hydrogen-bond donors (Lipinski definition) is 1. The van der Waals surface area contributed by atoms with Crippen LogP contribution in [0.3, 0.4) is 0 Å². The van der Waals surface area contributed by atoms with Crippen molar-refractivity contribution in [2.45, 2.75) is 25.7 Å². The summed E-state index contributed by atoms with van der Waals surface area (Å²) >= 11 is 0. The molecule has 1 aromatic rings. The van der Waals surface area contributed by atoms with Crippen LogP contribution in [0.15, 0.2) is 24.3 Å². The Balaban J connectivity index is 0.00000225. The maximum absolute atomic E-state index is 11.4. The molecule has 1 heterocycles. The summed E-state index contributed by atoms with van der Waals surface area (Å²) in [7, 11) is 1.50. The van der Waals surface area contributed by atoms with Gasteiger partial charge in [0, 0.05) is 25.9 Å². The summed E-state index contributed by atoms with van der Waals surface area (Å²) in [4.78, 5) is 14.0. The second-order valence-electron chi connectivity index (χ2n) is 6.92. The number of halogens is 1. The molecule has 5 nitrogen and oxygen atoms in total. The third kappa shape index (κ3) is 5.87. The number of nitrogens with one attached hydrogen (secondary N) is 1. The molecular weight excluding hydrogens is 340 g/mol. The number of unbranched alkanes of at least 4 members (excludes halogenated alkanes) is 1. The van der Waals surface area contributed by atoms with Gasteiger partial charge >= 0.3 is 0 Å². The van der Waals surface area contributed by atoms with Crippen LogP contribution in [0.2, 0.25) is 0 Å². The first-order valence-corrected chi connectivity index (χ1v) is 8.98. The Kier molecular flexibility index (Phi) is 8.00. The lowest BCUT2D eigenvalue weighted by molar-refractivity contribution is -0.119. The van der Waals surface area contributed by atoms with Gasteiger partial charge in [0.2, 0.25) is 5.91 Å². The monoisotopic (exact) mass is 368 g/mol. The lowest BCUT2D eigenvalue weighted by atomic mass is 9.77. The predicted octanol–water partition coefficient (Wildman–Crippen LogP) is 3.19. The van der Waals surface area contributed by atoms with Gasteiger partial charge < -0.3 is 19.7 Å². The van der Waals surface area contributed by atoms with Crippen molar-refractivity contribution in [2.24, 2.45) is 11.8 Å². The zero-order valence-electron chi connectivity index (χ0n) is 14.9. The second-order valence-corrected chi connectivity index (χ2v) is 6.92. The molecule has 0 bridgehead atoms. The number of hydrogen-bond acceptors (Lipinski definition) is 4. The smallest absolute Gasteiger partial charge is 0.250 e. The van der Waals surface area contributed by atoms with Gasteiger partial charge in [-0.1, -0.05) is 0 Å². The van der Waals surface area contributed by atoms with Crippen molar-refractivity contribution in [2.75, 3.05) is 45.3 Å². The fourth-order valence-electron chi connectivity index (χ4n) is 3.63. The number of nitrogens with zero attached hydrogens (tertiary/aromatic N) is 1. The van der Waals surface area contributed by atoms with Crippen molar-refractivity contribution >= 4 is 24.0 Å². The van der Waals surface area contributed by atoms with E-state index in [0.717, 1.165) is 36.3 Å². The van der Waals surface area contributed by atoms with E-state index in [1.165, 1.54) is 46.0 Å². The lowest BCUT2D eigenvalue weighted by Crippen LogP contribution is -2.22. The lowest BCUT2D eigenvalue weighted by Gasteiger charge is -2.28. The number of rotatable bonds is 9. The highest BCUT2D eigenvalue weighted by molar-refractivity contribution is 5.91. The van der Waals surface area contributed by atoms with Crippen LogP contribution in [-0.2, 0) is 9.53 Å². The Labute approximate surface area is 156 Å². The van der Waals surface area contributed by atoms with E-state index in [1.807, 2.05) is 24.3 Å². The standard InChI is InChI=1S/C19H28N2O3.ClH/c1-23-14-19(22)20-17-6-8-18(9-7-17)24-11-3-2-10-21-12-15-4-5-16(15)13-21;/h6-9,15-16H,2-5,10-14H2,1H3,(H,20,22);1H/t15-,16+;. The third-order valence-electron chi connectivity index (χ3n) is 5.11. The van der Waals surface area contributed by atoms with Crippen molar-refractivity contribution in [1.82, 2.24) is 4.90 Å². The molecule has 1 N–H and O–H groups in total. The van der Waals surface area contributed by atoms with Gasteiger partial charge in [-0.25, -0.2) is 0 Å². The van der Waals surface area contributed by atoms with E-state index in [-0.39, 0.29) is 24.9 Å². The molecule has 2 fully saturated rings. The Morgan fingerprint density at radius 3 is 2.44 bits per heavy atom. The second kappa shape index (κ2) is 10.00. The topological polar surface area (TPSA) is 50.8 Å². The number of amides is 1. The molecule has 2 aliphatic rings. The quantitative estimate of drug-likeness (QED) is 0.680. The van der Waals surface area contributed by atoms with Gasteiger partial charge in [0.05, 0.1) is 6.61 Å². The summed E-state index contributed by atoms with van der Waals surface area (Å²) in [6, 6.07) is 7.48. The fourth-order valence-corrected chi connectivity index (χ4v) is 3.63. The van der Waals surface area contributed by atoms with E-state index < -0.39 is 0 Å². The Hall–Kier alpha value is -1.30. The zero-order chi connectivity index (χ0) is 16.8. The predicted molar refractivity (Wildman–Crippen MR) is 102 cm³/mol. The van der Waals surface area contributed by atoms with Crippen LogP contribution < -0.4 is 10.1 Å². The minimum Gasteiger partial charge on any atom is -0.494 e. The molecule has 1 aliphatic carbocycles. The molecule has 25 heavy (non-hydrogen) atoms. The molecule has 6 heteroatoms. The maximum Gasteiger partial charge on any atom is 0.250 e. The van der Waals surface area contributed by atoms with Crippen molar-refractivity contribution in [1.29, 1.82) is 0 Å². The molecule has 1 aliphatic heterocycles. The molecule has 2 atom stereocenters. The number of methoxy groups -OCH3 is 1. The van der Waals surface area contributed by atoms with E-state index in [9.17, 15) is 4.79 Å². The van der Waals surface area contributed by atoms with Crippen molar-refractivity contribution in [3.63, 3.8) is 0 Å². The van der Waals surface area contributed by atoms with Crippen LogP contribution in [0, 0.1) is 11.8 Å². The highest BCUT2D eigenvalue weighted by Crippen LogP contribution is 2.40. The first-order valence-electron chi connectivity index (χ1n) is 8.98. The Bertz CT molecular complexity index is 526. The minimum atomic E-state index is -0.151. The molecule has 1 saturated carbocycles. The number of carbonyl (C=O) groups excluding carboxylic acids is 1. The molecule has 0 unspecified atom stereocenters. The molecule has 0 radical (unpaired) electrons. The molecule has 3 rings (SSSR count). The molecule has 1 saturated heterocycles. The maximum atomic E-state index is 11.4. The largest absolute Gasteiger partial charge is 0.494 e. The van der Waals surface area contributed by atoms with Crippen molar-refractivity contribution < 1.29 is 14.3 Å². The van der Waals surface area contributed by atoms with Gasteiger partial charge in [0.1, 0.15) is 12.4 Å². The average Bonchev–Trinajstić information content (AvgIpc) is 2.84. The number of fused-ring (bicyclic) bond motifs is 1. The molecular formula is C19H29ClN2O3. The van der Waals surface area contributed by atoms with E-state index in [1.54, 1.807) is 0 Å². The van der Waals surface area contributed by atoms with Gasteiger partial charge in [0.25, 0.3) is 0 Å². The number of carbonyl (C=O) groups is 1. The number of likely N-dealkylation sites (tertiary alicyclic amines) is 1. The molecule has 1 aromatic carbocycles. The number of benzene rings is 1. The summed E-state index contributed by atoms with van der Waals surface area (Å²) in [5.74, 6) is 2.70. The molecule has 140 valence electrons. The van der Waals surface area contributed by atoms with Crippen LogP contribution in [-0.4, -0.2) is 50.8 Å². The first-order chi connectivity index (χ1) is 11.7. The summed E-state index contributed by atoms with van der Waals surface area (Å²) in [5.41, 5.74) is 0.757. The van der Waals surface area contributed by atoms with Crippen LogP contribution in [0.1, 0.15) is 25.7 Å². The van der Waals surface area contributed by atoms with Crippen molar-refractivity contribution in [3.05, 3.63) is 24.3 Å². The van der Waals surface area contributed by atoms with Crippen molar-refractivity contribution in [3.8, 4) is 5.75 Å². The Morgan fingerprint density at radius 2 is 1.84 bits per heavy atom. The SMILES string of the molecule is COCC(=O)Nc1ccc(OCCCCN2C[C@H]3CC[C@H]3C2)cc1.Cl. The van der Waals surface area contributed by atoms with Gasteiger partial charge in [-0.3, -0.25) is 4.79 Å². The van der Waals surface area contributed by atoms with Gasteiger partial charge in [-0.15, -0.1) is 12.4 Å². The fraction of sp³-hybridized carbons (Fsp3) is 0.632. The molecule has 0 aromatic heterocycles. The molecule has 0 spiro atoms. The minimum absolute atomic E-state index is 0. The normalized spacial score (nSPS) is 21.8. The van der Waals surface area contributed by atoms with Gasteiger partial charge in [-0.2, -0.15) is 0 Å². The first kappa shape index (κ1) is 20.0. The Morgan fingerprint density at radius 1 is 1.16 bits per heavy atom. The van der Waals surface area contributed by atoms with Gasteiger partial charge in [-0.05, 0) is 68.3 Å². The number of ether oxygens (including phenoxy) is 2. The van der Waals surface area contributed by atoms with Crippen LogP contribution >= 0.6 is 12.4 Å². The average molecular weight is 369 g/mol. The van der Waals surface area contributed by atoms with E-state index in [4.69, 9.17) is 9.47 Å². The van der Waals surface area contributed by atoms with Crippen LogP contribution in [0.25, 0.3) is 0 Å². The highest BCUT2D eigenvalue weighted by Gasteiger charge is 2.38. The van der Waals surface area contributed by atoms with Crippen LogP contribution in [0.5, 0.6) is 5.75 Å². The zero-order valence-corrected chi connectivity index (χ0v) is 15.7. The van der Waals surface area contributed by atoms with Gasteiger partial charge in [0.15, 0.2) is 0 Å².